The summed E-state index contributed by atoms with van der Waals surface area (Å²) in [6.45, 7) is 10.9. The molecule has 1 aliphatic rings. The zero-order valence-corrected chi connectivity index (χ0v) is 12.4. The Kier molecular flexibility index (Phi) is 6.82. The average molecular weight is 266 g/mol. The molecule has 1 rings (SSSR count). The first-order chi connectivity index (χ1) is 9.06. The summed E-state index contributed by atoms with van der Waals surface area (Å²) in [4.78, 5) is 16.1. The lowest BCUT2D eigenvalue weighted by Gasteiger charge is -2.36. The van der Waals surface area contributed by atoms with Gasteiger partial charge < -0.3 is 5.32 Å². The Bertz CT molecular complexity index is 316. The second kappa shape index (κ2) is 8.13. The molecule has 0 spiro atoms. The van der Waals surface area contributed by atoms with Gasteiger partial charge in [0.05, 0.1) is 18.7 Å². The Morgan fingerprint density at radius 3 is 2.42 bits per heavy atom. The van der Waals surface area contributed by atoms with Crippen LogP contribution in [0.4, 0.5) is 0 Å². The van der Waals surface area contributed by atoms with Crippen molar-refractivity contribution in [3.63, 3.8) is 0 Å². The third-order valence-corrected chi connectivity index (χ3v) is 3.46. The van der Waals surface area contributed by atoms with Gasteiger partial charge in [0.1, 0.15) is 0 Å². The molecule has 1 saturated heterocycles. The van der Waals surface area contributed by atoms with E-state index >= 15 is 0 Å². The summed E-state index contributed by atoms with van der Waals surface area (Å²) in [5.74, 6) is 0.594. The standard InChI is InChI=1S/C14H26N4O/c1-4-13(9-15)18-7-5-17(6-8-18)11-14(19)16-10-12(2)3/h12-13H,4-8,10-11H2,1-3H3,(H,16,19). The molecule has 1 heterocycles. The van der Waals surface area contributed by atoms with E-state index in [1.54, 1.807) is 0 Å². The first-order valence-corrected chi connectivity index (χ1v) is 7.19. The molecule has 0 aromatic carbocycles. The molecule has 0 saturated carbocycles. The predicted octanol–water partition coefficient (Wildman–Crippen LogP) is 0.678. The molecule has 0 aromatic rings. The molecule has 1 N–H and O–H groups in total. The average Bonchev–Trinajstić information content (AvgIpc) is 2.40. The fraction of sp³-hybridized carbons (Fsp3) is 0.857. The molecule has 5 heteroatoms. The highest BCUT2D eigenvalue weighted by atomic mass is 16.2. The summed E-state index contributed by atoms with van der Waals surface area (Å²) in [7, 11) is 0. The second-order valence-electron chi connectivity index (χ2n) is 5.56. The molecule has 1 amide bonds. The lowest BCUT2D eigenvalue weighted by atomic mass is 10.2. The first kappa shape index (κ1) is 15.9. The van der Waals surface area contributed by atoms with Crippen LogP contribution >= 0.6 is 0 Å². The molecule has 1 atom stereocenters. The normalized spacial score (nSPS) is 19.1. The molecule has 5 nitrogen and oxygen atoms in total. The maximum atomic E-state index is 11.7. The lowest BCUT2D eigenvalue weighted by molar-refractivity contribution is -0.122. The third-order valence-electron chi connectivity index (χ3n) is 3.46. The molecule has 19 heavy (non-hydrogen) atoms. The van der Waals surface area contributed by atoms with E-state index in [2.05, 4.69) is 35.0 Å². The molecule has 1 aliphatic heterocycles. The van der Waals surface area contributed by atoms with Crippen molar-refractivity contribution in [2.75, 3.05) is 39.3 Å². The molecular formula is C14H26N4O. The number of piperazine rings is 1. The van der Waals surface area contributed by atoms with Gasteiger partial charge in [0.2, 0.25) is 5.91 Å². The third kappa shape index (κ3) is 5.58. The molecular weight excluding hydrogens is 240 g/mol. The minimum atomic E-state index is 0.0249. The minimum Gasteiger partial charge on any atom is -0.355 e. The van der Waals surface area contributed by atoms with Crippen molar-refractivity contribution >= 4 is 5.91 Å². The molecule has 0 bridgehead atoms. The van der Waals surface area contributed by atoms with E-state index in [0.29, 0.717) is 12.5 Å². The Morgan fingerprint density at radius 1 is 1.32 bits per heavy atom. The van der Waals surface area contributed by atoms with Gasteiger partial charge in [-0.25, -0.2) is 0 Å². The Hall–Kier alpha value is -1.12. The highest BCUT2D eigenvalue weighted by molar-refractivity contribution is 5.78. The van der Waals surface area contributed by atoms with Crippen LogP contribution in [0.15, 0.2) is 0 Å². The smallest absolute Gasteiger partial charge is 0.234 e. The minimum absolute atomic E-state index is 0.0249. The highest BCUT2D eigenvalue weighted by Gasteiger charge is 2.23. The number of nitrogens with one attached hydrogen (secondary N) is 1. The largest absolute Gasteiger partial charge is 0.355 e. The van der Waals surface area contributed by atoms with Crippen LogP contribution in [0.2, 0.25) is 0 Å². The maximum Gasteiger partial charge on any atom is 0.234 e. The SMILES string of the molecule is CCC(C#N)N1CCN(CC(=O)NCC(C)C)CC1. The van der Waals surface area contributed by atoms with Gasteiger partial charge in [-0.3, -0.25) is 14.6 Å². The summed E-state index contributed by atoms with van der Waals surface area (Å²) in [5, 5.41) is 12.0. The van der Waals surface area contributed by atoms with Gasteiger partial charge in [-0.2, -0.15) is 5.26 Å². The summed E-state index contributed by atoms with van der Waals surface area (Å²) in [5.41, 5.74) is 0. The number of nitriles is 1. The zero-order chi connectivity index (χ0) is 14.3. The van der Waals surface area contributed by atoms with Gasteiger partial charge in [-0.15, -0.1) is 0 Å². The molecule has 0 aliphatic carbocycles. The second-order valence-corrected chi connectivity index (χ2v) is 5.56. The number of hydrogen-bond donors (Lipinski definition) is 1. The van der Waals surface area contributed by atoms with Crippen LogP contribution < -0.4 is 5.32 Å². The van der Waals surface area contributed by atoms with Crippen LogP contribution in [-0.4, -0.2) is 61.0 Å². The van der Waals surface area contributed by atoms with Gasteiger partial charge in [-0.05, 0) is 12.3 Å². The van der Waals surface area contributed by atoms with Crippen molar-refractivity contribution in [3.05, 3.63) is 0 Å². The van der Waals surface area contributed by atoms with E-state index in [4.69, 9.17) is 5.26 Å². The number of carbonyl (C=O) groups excluding carboxylic acids is 1. The number of carbonyl (C=O) groups is 1. The van der Waals surface area contributed by atoms with Crippen LogP contribution in [0, 0.1) is 17.2 Å². The lowest BCUT2D eigenvalue weighted by Crippen LogP contribution is -2.52. The van der Waals surface area contributed by atoms with E-state index in [-0.39, 0.29) is 11.9 Å². The Labute approximate surface area is 116 Å². The first-order valence-electron chi connectivity index (χ1n) is 7.19. The molecule has 0 radical (unpaired) electrons. The van der Waals surface area contributed by atoms with Gasteiger partial charge in [0.25, 0.3) is 0 Å². The topological polar surface area (TPSA) is 59.4 Å². The van der Waals surface area contributed by atoms with Crippen molar-refractivity contribution < 1.29 is 4.79 Å². The number of rotatable bonds is 6. The molecule has 108 valence electrons. The molecule has 1 fully saturated rings. The number of nitrogens with zero attached hydrogens (tertiary/aromatic N) is 3. The van der Waals surface area contributed by atoms with Gasteiger partial charge >= 0.3 is 0 Å². The van der Waals surface area contributed by atoms with Crippen molar-refractivity contribution in [1.82, 2.24) is 15.1 Å². The van der Waals surface area contributed by atoms with Crippen LogP contribution in [-0.2, 0) is 4.79 Å². The van der Waals surface area contributed by atoms with Gasteiger partial charge in [0, 0.05) is 32.7 Å². The Morgan fingerprint density at radius 2 is 1.95 bits per heavy atom. The van der Waals surface area contributed by atoms with Crippen molar-refractivity contribution in [1.29, 1.82) is 5.26 Å². The van der Waals surface area contributed by atoms with E-state index in [1.165, 1.54) is 0 Å². The summed E-state index contributed by atoms with van der Waals surface area (Å²) in [6, 6.07) is 2.36. The molecule has 1 unspecified atom stereocenters. The highest BCUT2D eigenvalue weighted by Crippen LogP contribution is 2.08. The number of hydrogen-bond acceptors (Lipinski definition) is 4. The summed E-state index contributed by atoms with van der Waals surface area (Å²) in [6.07, 6.45) is 0.866. The fourth-order valence-corrected chi connectivity index (χ4v) is 2.24. The van der Waals surface area contributed by atoms with E-state index < -0.39 is 0 Å². The van der Waals surface area contributed by atoms with Crippen LogP contribution in [0.3, 0.4) is 0 Å². The van der Waals surface area contributed by atoms with Gasteiger partial charge in [0.15, 0.2) is 0 Å². The van der Waals surface area contributed by atoms with E-state index in [9.17, 15) is 4.79 Å². The maximum absolute atomic E-state index is 11.7. The fourth-order valence-electron chi connectivity index (χ4n) is 2.24. The van der Waals surface area contributed by atoms with E-state index in [0.717, 1.165) is 39.1 Å². The van der Waals surface area contributed by atoms with Crippen molar-refractivity contribution in [3.8, 4) is 6.07 Å². The monoisotopic (exact) mass is 266 g/mol. The summed E-state index contributed by atoms with van der Waals surface area (Å²) >= 11 is 0. The molecule has 0 aromatic heterocycles. The van der Waals surface area contributed by atoms with Crippen LogP contribution in [0.1, 0.15) is 27.2 Å². The Balaban J connectivity index is 2.27. The zero-order valence-electron chi connectivity index (χ0n) is 12.4. The quantitative estimate of drug-likeness (QED) is 0.768. The van der Waals surface area contributed by atoms with Gasteiger partial charge in [-0.1, -0.05) is 20.8 Å². The van der Waals surface area contributed by atoms with Crippen molar-refractivity contribution in [2.24, 2.45) is 5.92 Å². The predicted molar refractivity (Wildman–Crippen MR) is 75.6 cm³/mol. The van der Waals surface area contributed by atoms with Crippen LogP contribution in [0.25, 0.3) is 0 Å². The van der Waals surface area contributed by atoms with E-state index in [1.807, 2.05) is 6.92 Å². The van der Waals surface area contributed by atoms with Crippen LogP contribution in [0.5, 0.6) is 0 Å². The van der Waals surface area contributed by atoms with Crippen molar-refractivity contribution in [2.45, 2.75) is 33.2 Å². The summed E-state index contributed by atoms with van der Waals surface area (Å²) < 4.78 is 0. The number of amides is 1.